The Hall–Kier alpha value is -2.48. The van der Waals surface area contributed by atoms with E-state index in [1.165, 1.54) is 6.33 Å². The normalized spacial score (nSPS) is 20.8. The second-order valence-electron chi connectivity index (χ2n) is 6.21. The van der Waals surface area contributed by atoms with Gasteiger partial charge in [-0.25, -0.2) is 4.98 Å². The molecule has 3 aromatic rings. The fourth-order valence-corrected chi connectivity index (χ4v) is 3.43. The summed E-state index contributed by atoms with van der Waals surface area (Å²) in [5.41, 5.74) is 4.55. The predicted octanol–water partition coefficient (Wildman–Crippen LogP) is 2.22. The van der Waals surface area contributed by atoms with Crippen LogP contribution in [-0.2, 0) is 11.8 Å². The summed E-state index contributed by atoms with van der Waals surface area (Å²) >= 11 is 0. The van der Waals surface area contributed by atoms with Crippen molar-refractivity contribution in [3.05, 3.63) is 29.0 Å². The van der Waals surface area contributed by atoms with E-state index in [1.54, 1.807) is 0 Å². The van der Waals surface area contributed by atoms with Gasteiger partial charge in [-0.05, 0) is 27.2 Å². The maximum atomic E-state index is 6.02. The molecule has 0 spiro atoms. The number of aryl methyl sites for hydroxylation is 3. The van der Waals surface area contributed by atoms with Gasteiger partial charge in [0.2, 0.25) is 0 Å². The predicted molar refractivity (Wildman–Crippen MR) is 87.7 cm³/mol. The Kier molecular flexibility index (Phi) is 3.49. The highest BCUT2D eigenvalue weighted by Gasteiger charge is 2.34. The number of aromatic nitrogens is 5. The van der Waals surface area contributed by atoms with Crippen LogP contribution in [0.5, 0.6) is 0 Å². The molecular weight excluding hydrogens is 308 g/mol. The molecular formula is C16H20N6O2. The van der Waals surface area contributed by atoms with Gasteiger partial charge in [0.05, 0.1) is 17.4 Å². The quantitative estimate of drug-likeness (QED) is 0.788. The van der Waals surface area contributed by atoms with Gasteiger partial charge in [-0.3, -0.25) is 4.68 Å². The van der Waals surface area contributed by atoms with E-state index in [4.69, 9.17) is 9.26 Å². The van der Waals surface area contributed by atoms with Crippen molar-refractivity contribution < 1.29 is 9.26 Å². The van der Waals surface area contributed by atoms with Gasteiger partial charge in [0, 0.05) is 24.9 Å². The van der Waals surface area contributed by atoms with Gasteiger partial charge in [0.15, 0.2) is 0 Å². The van der Waals surface area contributed by atoms with Crippen LogP contribution in [0.1, 0.15) is 35.2 Å². The molecule has 0 aromatic carbocycles. The molecule has 0 aliphatic carbocycles. The molecule has 4 rings (SSSR count). The van der Waals surface area contributed by atoms with E-state index in [0.29, 0.717) is 12.3 Å². The third-order valence-corrected chi connectivity index (χ3v) is 4.71. The van der Waals surface area contributed by atoms with Gasteiger partial charge < -0.3 is 14.6 Å². The summed E-state index contributed by atoms with van der Waals surface area (Å²) in [6.07, 6.45) is 2.33. The maximum Gasteiger partial charge on any atom is 0.263 e. The van der Waals surface area contributed by atoms with Crippen molar-refractivity contribution in [3.63, 3.8) is 0 Å². The second kappa shape index (κ2) is 5.55. The molecule has 0 radical (unpaired) electrons. The van der Waals surface area contributed by atoms with Crippen LogP contribution in [0.15, 0.2) is 10.9 Å². The molecule has 1 aliphatic rings. The maximum absolute atomic E-state index is 6.02. The largest absolute Gasteiger partial charge is 0.371 e. The molecule has 1 saturated heterocycles. The van der Waals surface area contributed by atoms with E-state index in [1.807, 2.05) is 25.6 Å². The number of nitrogens with one attached hydrogen (secondary N) is 1. The van der Waals surface area contributed by atoms with E-state index >= 15 is 0 Å². The van der Waals surface area contributed by atoms with E-state index in [2.05, 4.69) is 32.5 Å². The Bertz CT molecular complexity index is 899. The smallest absolute Gasteiger partial charge is 0.263 e. The molecule has 8 heteroatoms. The van der Waals surface area contributed by atoms with Crippen LogP contribution in [0.2, 0.25) is 0 Å². The number of rotatable bonds is 3. The molecule has 2 atom stereocenters. The number of anilines is 1. The highest BCUT2D eigenvalue weighted by atomic mass is 16.5. The van der Waals surface area contributed by atoms with Gasteiger partial charge in [-0.2, -0.15) is 10.1 Å². The van der Waals surface area contributed by atoms with Crippen LogP contribution < -0.4 is 5.32 Å². The fourth-order valence-electron chi connectivity index (χ4n) is 3.43. The van der Waals surface area contributed by atoms with Crippen LogP contribution in [-0.4, -0.2) is 37.6 Å². The van der Waals surface area contributed by atoms with E-state index in [-0.39, 0.29) is 12.1 Å². The van der Waals surface area contributed by atoms with Crippen molar-refractivity contribution in [3.8, 4) is 0 Å². The number of ether oxygens (including phenoxy) is 1. The third-order valence-electron chi connectivity index (χ3n) is 4.71. The van der Waals surface area contributed by atoms with Crippen molar-refractivity contribution in [1.29, 1.82) is 0 Å². The zero-order valence-corrected chi connectivity index (χ0v) is 14.2. The second-order valence-corrected chi connectivity index (χ2v) is 6.21. The van der Waals surface area contributed by atoms with Gasteiger partial charge >= 0.3 is 0 Å². The SMILES string of the molecule is Cc1nn(C)c(C)c1[C@@H]1OCC[C@H]1Nc1ncnc2onc(C)c12. The molecule has 0 amide bonds. The standard InChI is InChI=1S/C16H20N6O2/c1-8-12(10(3)22(4)20-8)14-11(5-6-23-14)19-15-13-9(2)21-24-16(13)18-7-17-15/h7,11,14H,5-6H2,1-4H3,(H,17,18,19)/t11-,14-/m1/s1. The highest BCUT2D eigenvalue weighted by Crippen LogP contribution is 2.35. The molecule has 1 aliphatic heterocycles. The van der Waals surface area contributed by atoms with E-state index in [9.17, 15) is 0 Å². The van der Waals surface area contributed by atoms with Crippen molar-refractivity contribution in [2.24, 2.45) is 7.05 Å². The minimum Gasteiger partial charge on any atom is -0.371 e. The van der Waals surface area contributed by atoms with Crippen molar-refractivity contribution in [2.75, 3.05) is 11.9 Å². The summed E-state index contributed by atoms with van der Waals surface area (Å²) in [5.74, 6) is 0.735. The molecule has 24 heavy (non-hydrogen) atoms. The van der Waals surface area contributed by atoms with Crippen LogP contribution in [0.4, 0.5) is 5.82 Å². The number of nitrogens with zero attached hydrogens (tertiary/aromatic N) is 5. The Morgan fingerprint density at radius 2 is 2.04 bits per heavy atom. The van der Waals surface area contributed by atoms with Gasteiger partial charge in [-0.15, -0.1) is 0 Å². The van der Waals surface area contributed by atoms with Crippen LogP contribution >= 0.6 is 0 Å². The summed E-state index contributed by atoms with van der Waals surface area (Å²) < 4.78 is 13.1. The van der Waals surface area contributed by atoms with Crippen LogP contribution in [0.25, 0.3) is 11.1 Å². The van der Waals surface area contributed by atoms with Gasteiger partial charge in [0.25, 0.3) is 5.71 Å². The first-order chi connectivity index (χ1) is 11.6. The molecule has 3 aromatic heterocycles. The Morgan fingerprint density at radius 3 is 2.79 bits per heavy atom. The molecule has 4 heterocycles. The van der Waals surface area contributed by atoms with Gasteiger partial charge in [-0.1, -0.05) is 5.16 Å². The van der Waals surface area contributed by atoms with Crippen LogP contribution in [0.3, 0.4) is 0 Å². The average molecular weight is 328 g/mol. The first-order valence-electron chi connectivity index (χ1n) is 8.01. The van der Waals surface area contributed by atoms with Crippen molar-refractivity contribution in [1.82, 2.24) is 24.9 Å². The highest BCUT2D eigenvalue weighted by molar-refractivity contribution is 5.87. The summed E-state index contributed by atoms with van der Waals surface area (Å²) in [6.45, 7) is 6.68. The summed E-state index contributed by atoms with van der Waals surface area (Å²) in [4.78, 5) is 8.50. The van der Waals surface area contributed by atoms with Crippen molar-refractivity contribution >= 4 is 16.9 Å². The zero-order valence-electron chi connectivity index (χ0n) is 14.2. The molecule has 1 N–H and O–H groups in total. The molecule has 0 saturated carbocycles. The lowest BCUT2D eigenvalue weighted by molar-refractivity contribution is 0.106. The first kappa shape index (κ1) is 15.1. The summed E-state index contributed by atoms with van der Waals surface area (Å²) in [6, 6.07) is 0.110. The lowest BCUT2D eigenvalue weighted by Crippen LogP contribution is -2.24. The number of hydrogen-bond donors (Lipinski definition) is 1. The first-order valence-corrected chi connectivity index (χ1v) is 8.01. The lowest BCUT2D eigenvalue weighted by Gasteiger charge is -2.21. The van der Waals surface area contributed by atoms with Gasteiger partial charge in [0.1, 0.15) is 23.6 Å². The van der Waals surface area contributed by atoms with Crippen LogP contribution in [0, 0.1) is 20.8 Å². The number of hydrogen-bond acceptors (Lipinski definition) is 7. The summed E-state index contributed by atoms with van der Waals surface area (Å²) in [5, 5.41) is 12.8. The summed E-state index contributed by atoms with van der Waals surface area (Å²) in [7, 11) is 1.96. The molecule has 0 unspecified atom stereocenters. The lowest BCUT2D eigenvalue weighted by atomic mass is 10.00. The topological polar surface area (TPSA) is 90.9 Å². The monoisotopic (exact) mass is 328 g/mol. The average Bonchev–Trinajstić information content (AvgIpc) is 3.21. The minimum atomic E-state index is -0.0520. The minimum absolute atomic E-state index is 0.0520. The Labute approximate surface area is 139 Å². The van der Waals surface area contributed by atoms with Crippen molar-refractivity contribution in [2.45, 2.75) is 39.3 Å². The fraction of sp³-hybridized carbons (Fsp3) is 0.500. The van der Waals surface area contributed by atoms with E-state index < -0.39 is 0 Å². The third kappa shape index (κ3) is 2.25. The Balaban J connectivity index is 1.69. The zero-order chi connectivity index (χ0) is 16.8. The molecule has 8 nitrogen and oxygen atoms in total. The number of fused-ring (bicyclic) bond motifs is 1. The molecule has 0 bridgehead atoms. The molecule has 1 fully saturated rings. The Morgan fingerprint density at radius 1 is 1.21 bits per heavy atom. The van der Waals surface area contributed by atoms with E-state index in [0.717, 1.165) is 40.3 Å². The molecule has 126 valence electrons.